The summed E-state index contributed by atoms with van der Waals surface area (Å²) in [6.07, 6.45) is 0.761. The molecular formula is C20H16FN3O2S. The van der Waals surface area contributed by atoms with Crippen LogP contribution in [0.5, 0.6) is 0 Å². The van der Waals surface area contributed by atoms with Gasteiger partial charge in [0.2, 0.25) is 0 Å². The Morgan fingerprint density at radius 3 is 2.81 bits per heavy atom. The van der Waals surface area contributed by atoms with Gasteiger partial charge in [0.05, 0.1) is 22.3 Å². The van der Waals surface area contributed by atoms with Crippen LogP contribution in [0.3, 0.4) is 0 Å². The Kier molecular flexibility index (Phi) is 4.68. The van der Waals surface area contributed by atoms with Crippen LogP contribution in [0.4, 0.5) is 4.39 Å². The topological polar surface area (TPSA) is 68.0 Å². The van der Waals surface area contributed by atoms with Crippen molar-refractivity contribution in [3.63, 3.8) is 0 Å². The fourth-order valence-electron chi connectivity index (χ4n) is 2.89. The van der Waals surface area contributed by atoms with Gasteiger partial charge < -0.3 is 9.84 Å². The quantitative estimate of drug-likeness (QED) is 0.557. The molecule has 0 saturated carbocycles. The Hall–Kier alpha value is -3.06. The molecule has 0 unspecified atom stereocenters. The number of nitrogens with zero attached hydrogens (tertiary/aromatic N) is 2. The van der Waals surface area contributed by atoms with Crippen LogP contribution >= 0.6 is 11.3 Å². The second-order valence-corrected chi connectivity index (χ2v) is 6.93. The van der Waals surface area contributed by atoms with Crippen molar-refractivity contribution in [2.45, 2.75) is 13.3 Å². The van der Waals surface area contributed by atoms with Crippen molar-refractivity contribution in [1.29, 1.82) is 0 Å². The average Bonchev–Trinajstić information content (AvgIpc) is 3.32. The van der Waals surface area contributed by atoms with Crippen LogP contribution in [-0.4, -0.2) is 22.6 Å². The molecule has 4 aromatic rings. The first-order valence-electron chi connectivity index (χ1n) is 8.44. The molecule has 0 atom stereocenters. The number of thiophene rings is 1. The summed E-state index contributed by atoms with van der Waals surface area (Å²) in [5.41, 5.74) is 3.75. The maximum atomic E-state index is 13.2. The highest BCUT2D eigenvalue weighted by Crippen LogP contribution is 2.27. The summed E-state index contributed by atoms with van der Waals surface area (Å²) in [5, 5.41) is 11.5. The number of nitrogens with one attached hydrogen (secondary N) is 1. The van der Waals surface area contributed by atoms with Gasteiger partial charge in [-0.3, -0.25) is 4.79 Å². The van der Waals surface area contributed by atoms with E-state index in [2.05, 4.69) is 20.8 Å². The first kappa shape index (κ1) is 17.4. The number of amides is 1. The van der Waals surface area contributed by atoms with Gasteiger partial charge >= 0.3 is 0 Å². The van der Waals surface area contributed by atoms with Crippen molar-refractivity contribution in [1.82, 2.24) is 15.5 Å². The number of pyridine rings is 1. The lowest BCUT2D eigenvalue weighted by Crippen LogP contribution is -2.26. The number of fused-ring (bicyclic) bond motifs is 1. The van der Waals surface area contributed by atoms with Gasteiger partial charge in [-0.15, -0.1) is 0 Å². The van der Waals surface area contributed by atoms with Gasteiger partial charge in [-0.2, -0.15) is 11.3 Å². The van der Waals surface area contributed by atoms with Crippen LogP contribution < -0.4 is 5.32 Å². The third-order valence-corrected chi connectivity index (χ3v) is 5.01. The fourth-order valence-corrected chi connectivity index (χ4v) is 3.60. The van der Waals surface area contributed by atoms with E-state index in [0.29, 0.717) is 34.4 Å². The zero-order chi connectivity index (χ0) is 18.8. The predicted octanol–water partition coefficient (Wildman–Crippen LogP) is 4.37. The van der Waals surface area contributed by atoms with Gasteiger partial charge in [0, 0.05) is 12.1 Å². The van der Waals surface area contributed by atoms with E-state index in [-0.39, 0.29) is 17.4 Å². The van der Waals surface area contributed by atoms with E-state index in [0.717, 1.165) is 6.42 Å². The summed E-state index contributed by atoms with van der Waals surface area (Å²) in [6.45, 7) is 2.29. The maximum absolute atomic E-state index is 13.2. The summed E-state index contributed by atoms with van der Waals surface area (Å²) in [7, 11) is 0. The smallest absolute Gasteiger partial charge is 0.259 e. The number of aryl methyl sites for hydroxylation is 1. The molecule has 3 aromatic heterocycles. The number of carbonyl (C=O) groups excluding carboxylic acids is 1. The van der Waals surface area contributed by atoms with E-state index in [9.17, 15) is 9.18 Å². The molecule has 0 aliphatic heterocycles. The third kappa shape index (κ3) is 3.59. The average molecular weight is 381 g/mol. The number of aromatic nitrogens is 2. The molecule has 3 heterocycles. The number of rotatable bonds is 5. The fraction of sp³-hybridized carbons (Fsp3) is 0.150. The first-order valence-corrected chi connectivity index (χ1v) is 9.38. The minimum Gasteiger partial charge on any atom is -0.352 e. The van der Waals surface area contributed by atoms with Crippen molar-refractivity contribution < 1.29 is 13.7 Å². The minimum absolute atomic E-state index is 0.215. The minimum atomic E-state index is -0.332. The Morgan fingerprint density at radius 2 is 2.07 bits per heavy atom. The zero-order valence-corrected chi connectivity index (χ0v) is 15.3. The van der Waals surface area contributed by atoms with Crippen LogP contribution in [-0.2, 0) is 6.42 Å². The highest BCUT2D eigenvalue weighted by molar-refractivity contribution is 7.07. The molecule has 27 heavy (non-hydrogen) atoms. The number of hydrogen-bond acceptors (Lipinski definition) is 5. The summed E-state index contributed by atoms with van der Waals surface area (Å²) in [6, 6.07) is 9.68. The lowest BCUT2D eigenvalue weighted by molar-refractivity contribution is 0.0955. The molecule has 0 aliphatic carbocycles. The summed E-state index contributed by atoms with van der Waals surface area (Å²) >= 11 is 1.63. The van der Waals surface area contributed by atoms with Gasteiger partial charge in [-0.1, -0.05) is 5.16 Å². The summed E-state index contributed by atoms with van der Waals surface area (Å²) in [5.74, 6) is -0.547. The van der Waals surface area contributed by atoms with Gasteiger partial charge in [0.25, 0.3) is 11.6 Å². The molecule has 7 heteroatoms. The first-order chi connectivity index (χ1) is 13.1. The SMILES string of the molecule is Cc1noc2nc(-c3ccc(F)cc3)cc(C(=O)NCCc3ccsc3)c12. The summed E-state index contributed by atoms with van der Waals surface area (Å²) in [4.78, 5) is 17.2. The Bertz CT molecular complexity index is 1090. The van der Waals surface area contributed by atoms with Gasteiger partial charge in [0.15, 0.2) is 0 Å². The highest BCUT2D eigenvalue weighted by Gasteiger charge is 2.19. The second-order valence-electron chi connectivity index (χ2n) is 6.15. The molecule has 1 aromatic carbocycles. The molecule has 4 rings (SSSR count). The molecule has 0 aliphatic rings. The Labute approximate surface area is 158 Å². The van der Waals surface area contributed by atoms with Crippen molar-refractivity contribution in [2.75, 3.05) is 6.54 Å². The van der Waals surface area contributed by atoms with Crippen LogP contribution in [0.15, 0.2) is 51.7 Å². The van der Waals surface area contributed by atoms with Crippen molar-refractivity contribution in [2.24, 2.45) is 0 Å². The molecule has 0 spiro atoms. The molecule has 136 valence electrons. The highest BCUT2D eigenvalue weighted by atomic mass is 32.1. The standard InChI is InChI=1S/C20H16FN3O2S/c1-12-18-16(19(25)22-8-6-13-7-9-27-11-13)10-17(23-20(18)26-24-12)14-2-4-15(21)5-3-14/h2-5,7,9-11H,6,8H2,1H3,(H,22,25). The van der Waals surface area contributed by atoms with E-state index in [1.807, 2.05) is 11.4 Å². The van der Waals surface area contributed by atoms with Crippen molar-refractivity contribution in [3.05, 3.63) is 69.8 Å². The monoisotopic (exact) mass is 381 g/mol. The molecule has 0 bridgehead atoms. The lowest BCUT2D eigenvalue weighted by Gasteiger charge is -2.08. The molecule has 5 nitrogen and oxygen atoms in total. The normalized spacial score (nSPS) is 11.0. The molecule has 0 saturated heterocycles. The van der Waals surface area contributed by atoms with E-state index in [1.54, 1.807) is 36.5 Å². The number of carbonyl (C=O) groups is 1. The maximum Gasteiger partial charge on any atom is 0.259 e. The van der Waals surface area contributed by atoms with Crippen LogP contribution in [0.25, 0.3) is 22.4 Å². The Morgan fingerprint density at radius 1 is 1.26 bits per heavy atom. The summed E-state index contributed by atoms with van der Waals surface area (Å²) < 4.78 is 18.5. The zero-order valence-electron chi connectivity index (χ0n) is 14.5. The number of halogens is 1. The van der Waals surface area contributed by atoms with E-state index in [1.165, 1.54) is 17.7 Å². The molecule has 0 radical (unpaired) electrons. The van der Waals surface area contributed by atoms with Crippen molar-refractivity contribution >= 4 is 28.3 Å². The predicted molar refractivity (Wildman–Crippen MR) is 102 cm³/mol. The third-order valence-electron chi connectivity index (χ3n) is 4.28. The largest absolute Gasteiger partial charge is 0.352 e. The van der Waals surface area contributed by atoms with Gasteiger partial charge in [-0.05, 0) is 66.1 Å². The molecule has 1 amide bonds. The number of hydrogen-bond donors (Lipinski definition) is 1. The van der Waals surface area contributed by atoms with Gasteiger partial charge in [0.1, 0.15) is 5.82 Å². The van der Waals surface area contributed by atoms with E-state index < -0.39 is 0 Å². The number of benzene rings is 1. The second kappa shape index (κ2) is 7.28. The Balaban J connectivity index is 1.66. The van der Waals surface area contributed by atoms with Crippen molar-refractivity contribution in [3.8, 4) is 11.3 Å². The van der Waals surface area contributed by atoms with Gasteiger partial charge in [-0.25, -0.2) is 9.37 Å². The molecule has 0 fully saturated rings. The van der Waals surface area contributed by atoms with E-state index >= 15 is 0 Å². The van der Waals surface area contributed by atoms with Crippen LogP contribution in [0, 0.1) is 12.7 Å². The molecule has 1 N–H and O–H groups in total. The van der Waals surface area contributed by atoms with Crippen LogP contribution in [0.2, 0.25) is 0 Å². The molecular weight excluding hydrogens is 365 g/mol. The lowest BCUT2D eigenvalue weighted by atomic mass is 10.0. The van der Waals surface area contributed by atoms with Crippen LogP contribution in [0.1, 0.15) is 21.6 Å². The van der Waals surface area contributed by atoms with E-state index in [4.69, 9.17) is 4.52 Å².